The fraction of sp³-hybridized carbons (Fsp3) is 0.500. The Balaban J connectivity index is 1.58. The van der Waals surface area contributed by atoms with Crippen molar-refractivity contribution in [2.75, 3.05) is 13.1 Å². The van der Waals surface area contributed by atoms with Crippen LogP contribution in [-0.2, 0) is 17.8 Å². The topological polar surface area (TPSA) is 58.1 Å². The minimum absolute atomic E-state index is 0.000617. The molecule has 0 radical (unpaired) electrons. The Hall–Kier alpha value is -2.27. The van der Waals surface area contributed by atoms with Gasteiger partial charge in [0, 0.05) is 43.5 Å². The normalized spacial score (nSPS) is 20.8. The highest BCUT2D eigenvalue weighted by Gasteiger charge is 2.33. The molecule has 1 saturated heterocycles. The number of hydrogen-bond acceptors (Lipinski definition) is 4. The predicted molar refractivity (Wildman–Crippen MR) is 105 cm³/mol. The number of aromatic nitrogens is 2. The van der Waals surface area contributed by atoms with Gasteiger partial charge in [0.1, 0.15) is 0 Å². The maximum Gasteiger partial charge on any atom is 0.230 e. The van der Waals surface area contributed by atoms with Crippen molar-refractivity contribution in [1.29, 1.82) is 0 Å². The van der Waals surface area contributed by atoms with Gasteiger partial charge in [0.05, 0.1) is 12.0 Å². The molecule has 1 N–H and O–H groups in total. The number of benzene rings is 1. The zero-order chi connectivity index (χ0) is 18.8. The van der Waals surface area contributed by atoms with Crippen molar-refractivity contribution in [3.8, 4) is 0 Å². The lowest BCUT2D eigenvalue weighted by molar-refractivity contribution is -0.136. The average molecular weight is 364 g/mol. The first-order valence-electron chi connectivity index (χ1n) is 10.1. The van der Waals surface area contributed by atoms with Gasteiger partial charge in [-0.05, 0) is 38.7 Å². The van der Waals surface area contributed by atoms with Gasteiger partial charge in [0.2, 0.25) is 5.91 Å². The van der Waals surface area contributed by atoms with E-state index in [0.717, 1.165) is 62.4 Å². The number of piperidine rings is 1. The number of amides is 1. The zero-order valence-corrected chi connectivity index (χ0v) is 16.2. The van der Waals surface area contributed by atoms with Crippen LogP contribution in [0.3, 0.4) is 0 Å². The monoisotopic (exact) mass is 364 g/mol. The Kier molecular flexibility index (Phi) is 5.21. The van der Waals surface area contributed by atoms with Crippen molar-refractivity contribution in [2.24, 2.45) is 0 Å². The van der Waals surface area contributed by atoms with Gasteiger partial charge in [-0.2, -0.15) is 0 Å². The van der Waals surface area contributed by atoms with Crippen molar-refractivity contribution in [3.63, 3.8) is 0 Å². The van der Waals surface area contributed by atoms with Crippen LogP contribution >= 0.6 is 0 Å². The Morgan fingerprint density at radius 1 is 1.26 bits per heavy atom. The molecule has 0 spiro atoms. The number of carbonyl (C=O) groups is 1. The quantitative estimate of drug-likeness (QED) is 0.908. The van der Waals surface area contributed by atoms with Crippen LogP contribution in [0.5, 0.6) is 0 Å². The van der Waals surface area contributed by atoms with E-state index in [1.54, 1.807) is 0 Å². The van der Waals surface area contributed by atoms with E-state index in [0.29, 0.717) is 0 Å². The summed E-state index contributed by atoms with van der Waals surface area (Å²) >= 11 is 0. The summed E-state index contributed by atoms with van der Waals surface area (Å²) in [7, 11) is 0. The van der Waals surface area contributed by atoms with Crippen LogP contribution in [0.1, 0.15) is 66.4 Å². The van der Waals surface area contributed by atoms with E-state index in [-0.39, 0.29) is 17.9 Å². The fourth-order valence-corrected chi connectivity index (χ4v) is 4.12. The summed E-state index contributed by atoms with van der Waals surface area (Å²) in [5.41, 5.74) is 4.62. The summed E-state index contributed by atoms with van der Waals surface area (Å²) in [6.45, 7) is 6.67. The van der Waals surface area contributed by atoms with Gasteiger partial charge in [0.15, 0.2) is 5.82 Å². The largest absolute Gasteiger partial charge is 0.332 e. The van der Waals surface area contributed by atoms with Crippen LogP contribution in [0.25, 0.3) is 0 Å². The number of likely N-dealkylation sites (tertiary alicyclic amines) is 1. The highest BCUT2D eigenvalue weighted by Crippen LogP contribution is 2.32. The lowest BCUT2D eigenvalue weighted by atomic mass is 9.94. The fourth-order valence-electron chi connectivity index (χ4n) is 4.12. The van der Waals surface area contributed by atoms with Crippen LogP contribution in [0, 0.1) is 6.92 Å². The van der Waals surface area contributed by atoms with E-state index in [1.165, 1.54) is 11.1 Å². The molecule has 0 unspecified atom stereocenters. The molecular weight excluding hydrogens is 336 g/mol. The van der Waals surface area contributed by atoms with Crippen LogP contribution in [0.4, 0.5) is 0 Å². The van der Waals surface area contributed by atoms with Crippen molar-refractivity contribution in [2.45, 2.75) is 58.0 Å². The number of rotatable bonds is 3. The second-order valence-electron chi connectivity index (χ2n) is 7.80. The minimum Gasteiger partial charge on any atom is -0.332 e. The molecule has 0 aliphatic carbocycles. The molecule has 1 amide bonds. The first-order valence-corrected chi connectivity index (χ1v) is 10.1. The number of aryl methyl sites for hydroxylation is 1. The Morgan fingerprint density at radius 3 is 2.89 bits per heavy atom. The van der Waals surface area contributed by atoms with Gasteiger partial charge < -0.3 is 10.2 Å². The first-order chi connectivity index (χ1) is 13.1. The molecule has 3 heterocycles. The summed E-state index contributed by atoms with van der Waals surface area (Å²) in [6, 6.07) is 8.29. The van der Waals surface area contributed by atoms with E-state index >= 15 is 0 Å². The van der Waals surface area contributed by atoms with Crippen LogP contribution in [-0.4, -0.2) is 33.9 Å². The second-order valence-corrected chi connectivity index (χ2v) is 7.80. The summed E-state index contributed by atoms with van der Waals surface area (Å²) in [4.78, 5) is 24.9. The second kappa shape index (κ2) is 7.77. The van der Waals surface area contributed by atoms with E-state index in [4.69, 9.17) is 4.98 Å². The average Bonchev–Trinajstić information content (AvgIpc) is 2.73. The molecule has 1 aromatic heterocycles. The molecule has 142 valence electrons. The molecule has 0 bridgehead atoms. The molecule has 4 rings (SSSR count). The summed E-state index contributed by atoms with van der Waals surface area (Å²) in [5.74, 6) is 0.861. The van der Waals surface area contributed by atoms with E-state index in [9.17, 15) is 4.79 Å². The molecule has 27 heavy (non-hydrogen) atoms. The Bertz CT molecular complexity index is 818. The molecule has 1 aromatic carbocycles. The molecular formula is C22H28N4O. The van der Waals surface area contributed by atoms with Gasteiger partial charge in [-0.25, -0.2) is 9.97 Å². The molecule has 0 saturated carbocycles. The third kappa shape index (κ3) is 3.74. The maximum absolute atomic E-state index is 13.3. The smallest absolute Gasteiger partial charge is 0.230 e. The third-order valence-electron chi connectivity index (χ3n) is 5.86. The number of fused-ring (bicyclic) bond motifs is 1. The zero-order valence-electron chi connectivity index (χ0n) is 16.2. The molecule has 2 aliphatic heterocycles. The van der Waals surface area contributed by atoms with Gasteiger partial charge in [0.25, 0.3) is 0 Å². The highest BCUT2D eigenvalue weighted by molar-refractivity contribution is 5.83. The number of nitrogens with one attached hydrogen (secondary N) is 1. The minimum atomic E-state index is -0.145. The van der Waals surface area contributed by atoms with E-state index in [2.05, 4.69) is 41.5 Å². The number of carbonyl (C=O) groups excluding carboxylic acids is 1. The summed E-state index contributed by atoms with van der Waals surface area (Å²) < 4.78 is 0. The van der Waals surface area contributed by atoms with Crippen molar-refractivity contribution in [1.82, 2.24) is 20.2 Å². The first kappa shape index (κ1) is 18.1. The van der Waals surface area contributed by atoms with Crippen molar-refractivity contribution >= 4 is 5.91 Å². The van der Waals surface area contributed by atoms with Gasteiger partial charge in [-0.1, -0.05) is 29.8 Å². The standard InChI is InChI=1S/C22H28N4O/c1-15-6-8-17(9-7-15)16(2)22(27)26-12-4-3-5-20(26)21-24-14-18-13-23-11-10-19(18)25-21/h6-9,14,16,20,23H,3-5,10-13H2,1-2H3/t16-,20+/m1/s1. The molecule has 2 atom stereocenters. The van der Waals surface area contributed by atoms with Crippen LogP contribution < -0.4 is 5.32 Å². The maximum atomic E-state index is 13.3. The Labute approximate surface area is 161 Å². The Morgan fingerprint density at radius 2 is 2.07 bits per heavy atom. The van der Waals surface area contributed by atoms with Gasteiger partial charge in [-0.15, -0.1) is 0 Å². The molecule has 2 aromatic rings. The van der Waals surface area contributed by atoms with E-state index < -0.39 is 0 Å². The van der Waals surface area contributed by atoms with Crippen LogP contribution in [0.2, 0.25) is 0 Å². The molecule has 5 heteroatoms. The number of hydrogen-bond donors (Lipinski definition) is 1. The lowest BCUT2D eigenvalue weighted by Gasteiger charge is -2.36. The SMILES string of the molecule is Cc1ccc([C@@H](C)C(=O)N2CCCC[C@H]2c2ncc3c(n2)CCNC3)cc1. The summed E-state index contributed by atoms with van der Waals surface area (Å²) in [5, 5.41) is 3.36. The predicted octanol–water partition coefficient (Wildman–Crippen LogP) is 3.29. The molecule has 2 aliphatic rings. The van der Waals surface area contributed by atoms with E-state index in [1.807, 2.05) is 18.0 Å². The molecule has 5 nitrogen and oxygen atoms in total. The third-order valence-corrected chi connectivity index (χ3v) is 5.86. The van der Waals surface area contributed by atoms with Gasteiger partial charge in [-0.3, -0.25) is 4.79 Å². The number of nitrogens with zero attached hydrogens (tertiary/aromatic N) is 3. The lowest BCUT2D eigenvalue weighted by Crippen LogP contribution is -2.41. The van der Waals surface area contributed by atoms with Crippen LogP contribution in [0.15, 0.2) is 30.5 Å². The van der Waals surface area contributed by atoms with Crippen molar-refractivity contribution in [3.05, 3.63) is 58.7 Å². The highest BCUT2D eigenvalue weighted by atomic mass is 16.2. The van der Waals surface area contributed by atoms with Gasteiger partial charge >= 0.3 is 0 Å². The van der Waals surface area contributed by atoms with Crippen molar-refractivity contribution < 1.29 is 4.79 Å². The summed E-state index contributed by atoms with van der Waals surface area (Å²) in [6.07, 6.45) is 6.01. The molecule has 1 fully saturated rings.